The molecule has 1 aromatic rings. The molecule has 0 heterocycles. The van der Waals surface area contributed by atoms with Gasteiger partial charge in [-0.1, -0.05) is 12.1 Å². The van der Waals surface area contributed by atoms with Crippen molar-refractivity contribution in [2.45, 2.75) is 0 Å². The summed E-state index contributed by atoms with van der Waals surface area (Å²) < 4.78 is 15.5. The van der Waals surface area contributed by atoms with Crippen LogP contribution in [0.3, 0.4) is 0 Å². The summed E-state index contributed by atoms with van der Waals surface area (Å²) in [4.78, 5) is 11.1. The Bertz CT molecular complexity index is 354. The third kappa shape index (κ3) is 4.84. The van der Waals surface area contributed by atoms with Gasteiger partial charge in [0.15, 0.2) is 0 Å². The van der Waals surface area contributed by atoms with Gasteiger partial charge in [0.2, 0.25) is 0 Å². The van der Waals surface area contributed by atoms with Crippen molar-refractivity contribution < 1.29 is 19.0 Å². The number of hydrogen-bond acceptors (Lipinski definition) is 4. The maximum atomic E-state index is 11.1. The van der Waals surface area contributed by atoms with Crippen molar-refractivity contribution in [3.8, 4) is 5.75 Å². The molecule has 0 aliphatic heterocycles. The van der Waals surface area contributed by atoms with Gasteiger partial charge < -0.3 is 19.9 Å². The van der Waals surface area contributed by atoms with E-state index >= 15 is 0 Å². The Hall–Kier alpha value is -1.59. The highest BCUT2D eigenvalue weighted by Crippen LogP contribution is 2.16. The molecule has 17 heavy (non-hydrogen) atoms. The van der Waals surface area contributed by atoms with Gasteiger partial charge in [0.05, 0.1) is 25.4 Å². The number of ether oxygens (including phenoxy) is 3. The van der Waals surface area contributed by atoms with E-state index in [4.69, 9.17) is 19.9 Å². The van der Waals surface area contributed by atoms with Crippen LogP contribution in [0.25, 0.3) is 0 Å². The lowest BCUT2D eigenvalue weighted by Crippen LogP contribution is -2.15. The van der Waals surface area contributed by atoms with Gasteiger partial charge >= 0.3 is 0 Å². The fourth-order valence-corrected chi connectivity index (χ4v) is 1.25. The maximum Gasteiger partial charge on any atom is 0.252 e. The molecule has 0 spiro atoms. The number of nitrogens with two attached hydrogens (primary N) is 1. The van der Waals surface area contributed by atoms with Crippen LogP contribution in [0.4, 0.5) is 0 Å². The van der Waals surface area contributed by atoms with Crippen LogP contribution < -0.4 is 10.5 Å². The van der Waals surface area contributed by atoms with E-state index in [9.17, 15) is 4.79 Å². The summed E-state index contributed by atoms with van der Waals surface area (Å²) >= 11 is 0. The highest BCUT2D eigenvalue weighted by atomic mass is 16.5. The number of carbonyl (C=O) groups excluding carboxylic acids is 1. The smallest absolute Gasteiger partial charge is 0.252 e. The van der Waals surface area contributed by atoms with E-state index in [1.807, 2.05) is 0 Å². The molecule has 1 amide bonds. The number of primary amides is 1. The Balaban J connectivity index is 2.34. The van der Waals surface area contributed by atoms with Crippen LogP contribution in [0, 0.1) is 0 Å². The van der Waals surface area contributed by atoms with Crippen LogP contribution in [0.5, 0.6) is 5.75 Å². The summed E-state index contributed by atoms with van der Waals surface area (Å²) in [6.07, 6.45) is 0. The van der Waals surface area contributed by atoms with Crippen LogP contribution in [0.2, 0.25) is 0 Å². The molecule has 1 aromatic carbocycles. The normalized spacial score (nSPS) is 10.2. The van der Waals surface area contributed by atoms with Crippen LogP contribution >= 0.6 is 0 Å². The molecule has 0 aliphatic rings. The van der Waals surface area contributed by atoms with E-state index in [1.54, 1.807) is 31.4 Å². The van der Waals surface area contributed by atoms with Gasteiger partial charge in [-0.25, -0.2) is 0 Å². The summed E-state index contributed by atoms with van der Waals surface area (Å²) in [7, 11) is 1.61. The lowest BCUT2D eigenvalue weighted by Gasteiger charge is -2.09. The quantitative estimate of drug-likeness (QED) is 0.682. The topological polar surface area (TPSA) is 70.8 Å². The summed E-state index contributed by atoms with van der Waals surface area (Å²) in [6.45, 7) is 1.89. The highest BCUT2D eigenvalue weighted by Gasteiger charge is 2.07. The average molecular weight is 239 g/mol. The zero-order valence-electron chi connectivity index (χ0n) is 9.85. The molecule has 0 aromatic heterocycles. The van der Waals surface area contributed by atoms with Gasteiger partial charge in [0.1, 0.15) is 12.4 Å². The molecule has 0 saturated carbocycles. The largest absolute Gasteiger partial charge is 0.490 e. The Labute approximate surface area is 100 Å². The first-order chi connectivity index (χ1) is 8.25. The Morgan fingerprint density at radius 1 is 1.18 bits per heavy atom. The predicted octanol–water partition coefficient (Wildman–Crippen LogP) is 0.827. The first kappa shape index (κ1) is 13.5. The Kier molecular flexibility index (Phi) is 6.06. The molecule has 0 atom stereocenters. The Morgan fingerprint density at radius 2 is 1.88 bits per heavy atom. The van der Waals surface area contributed by atoms with Gasteiger partial charge in [-0.15, -0.1) is 0 Å². The maximum absolute atomic E-state index is 11.1. The predicted molar refractivity (Wildman–Crippen MR) is 63.1 cm³/mol. The van der Waals surface area contributed by atoms with E-state index in [2.05, 4.69) is 0 Å². The lowest BCUT2D eigenvalue weighted by atomic mass is 10.2. The molecule has 2 N–H and O–H groups in total. The molecular formula is C12H17NO4. The van der Waals surface area contributed by atoms with Gasteiger partial charge in [0.25, 0.3) is 5.91 Å². The number of hydrogen-bond donors (Lipinski definition) is 1. The van der Waals surface area contributed by atoms with Crippen LogP contribution in [-0.2, 0) is 9.47 Å². The molecule has 5 nitrogen and oxygen atoms in total. The van der Waals surface area contributed by atoms with E-state index in [-0.39, 0.29) is 0 Å². The van der Waals surface area contributed by atoms with Crippen molar-refractivity contribution >= 4 is 5.91 Å². The van der Waals surface area contributed by atoms with Crippen LogP contribution in [-0.4, -0.2) is 39.4 Å². The molecule has 5 heteroatoms. The third-order valence-corrected chi connectivity index (χ3v) is 2.07. The molecule has 0 aliphatic carbocycles. The standard InChI is InChI=1S/C12H17NO4/c1-15-6-7-16-8-9-17-11-5-3-2-4-10(11)12(13)14/h2-5H,6-9H2,1H3,(H2,13,14). The molecular weight excluding hydrogens is 222 g/mol. The van der Waals surface area contributed by atoms with Gasteiger partial charge in [0, 0.05) is 7.11 Å². The fraction of sp³-hybridized carbons (Fsp3) is 0.417. The SMILES string of the molecule is COCCOCCOc1ccccc1C(N)=O. The van der Waals surface area contributed by atoms with E-state index in [0.717, 1.165) is 0 Å². The first-order valence-electron chi connectivity index (χ1n) is 5.34. The number of rotatable bonds is 8. The van der Waals surface area contributed by atoms with Crippen molar-refractivity contribution in [3.05, 3.63) is 29.8 Å². The van der Waals surface area contributed by atoms with E-state index in [1.165, 1.54) is 0 Å². The third-order valence-electron chi connectivity index (χ3n) is 2.07. The second-order valence-corrected chi connectivity index (χ2v) is 3.31. The van der Waals surface area contributed by atoms with Gasteiger partial charge in [-0.3, -0.25) is 4.79 Å². The number of para-hydroxylation sites is 1. The minimum absolute atomic E-state index is 0.369. The van der Waals surface area contributed by atoms with Crippen molar-refractivity contribution in [3.63, 3.8) is 0 Å². The monoisotopic (exact) mass is 239 g/mol. The zero-order chi connectivity index (χ0) is 12.5. The minimum atomic E-state index is -0.499. The van der Waals surface area contributed by atoms with Crippen molar-refractivity contribution in [1.29, 1.82) is 0 Å². The molecule has 94 valence electrons. The fourth-order valence-electron chi connectivity index (χ4n) is 1.25. The molecule has 0 fully saturated rings. The van der Waals surface area contributed by atoms with Crippen molar-refractivity contribution in [1.82, 2.24) is 0 Å². The summed E-state index contributed by atoms with van der Waals surface area (Å²) in [5, 5.41) is 0. The molecule has 0 unspecified atom stereocenters. The van der Waals surface area contributed by atoms with Gasteiger partial charge in [-0.2, -0.15) is 0 Å². The summed E-state index contributed by atoms with van der Waals surface area (Å²) in [5.41, 5.74) is 5.60. The number of methoxy groups -OCH3 is 1. The number of benzene rings is 1. The second-order valence-electron chi connectivity index (χ2n) is 3.31. The van der Waals surface area contributed by atoms with Crippen molar-refractivity contribution in [2.24, 2.45) is 5.73 Å². The molecule has 0 radical (unpaired) electrons. The Morgan fingerprint density at radius 3 is 2.59 bits per heavy atom. The van der Waals surface area contributed by atoms with E-state index in [0.29, 0.717) is 37.7 Å². The molecule has 1 rings (SSSR count). The second kappa shape index (κ2) is 7.65. The minimum Gasteiger partial charge on any atom is -0.490 e. The highest BCUT2D eigenvalue weighted by molar-refractivity contribution is 5.95. The number of amides is 1. The lowest BCUT2D eigenvalue weighted by molar-refractivity contribution is 0.0542. The molecule has 0 saturated heterocycles. The summed E-state index contributed by atoms with van der Waals surface area (Å²) in [6, 6.07) is 6.86. The number of carbonyl (C=O) groups is 1. The van der Waals surface area contributed by atoms with Crippen LogP contribution in [0.15, 0.2) is 24.3 Å². The first-order valence-corrected chi connectivity index (χ1v) is 5.34. The van der Waals surface area contributed by atoms with Gasteiger partial charge in [-0.05, 0) is 12.1 Å². The summed E-state index contributed by atoms with van der Waals surface area (Å²) in [5.74, 6) is -0.0174. The van der Waals surface area contributed by atoms with Crippen molar-refractivity contribution in [2.75, 3.05) is 33.5 Å². The van der Waals surface area contributed by atoms with E-state index < -0.39 is 5.91 Å². The average Bonchev–Trinajstić information content (AvgIpc) is 2.34. The zero-order valence-corrected chi connectivity index (χ0v) is 9.85. The molecule has 0 bridgehead atoms. The van der Waals surface area contributed by atoms with Crippen LogP contribution in [0.1, 0.15) is 10.4 Å².